The maximum atomic E-state index is 12.4. The first-order chi connectivity index (χ1) is 13.8. The molecule has 4 aliphatic heterocycles. The second kappa shape index (κ2) is 7.92. The zero-order chi connectivity index (χ0) is 20.9. The number of aliphatic hydroxyl groups excluding tert-OH is 1. The average molecular weight is 424 g/mol. The van der Waals surface area contributed by atoms with E-state index in [-0.39, 0.29) is 40.8 Å². The van der Waals surface area contributed by atoms with Gasteiger partial charge in [-0.3, -0.25) is 9.59 Å². The quantitative estimate of drug-likeness (QED) is 0.537. The standard InChI is InChI=1S/C20H29N3O5S/c1-10-16-15(11(2)24)19(26)23(16)17(20(27)28)18(10)29-13-7-12(21-9-13)8-14(25)22-5-3-4-6-22/h10-13,15-16,21,24H,3-9H2,1-2H3,(H,27,28)/t10-,11?,12-,13?,15+,16+/m0/s1. The van der Waals surface area contributed by atoms with Crippen molar-refractivity contribution in [2.24, 2.45) is 11.8 Å². The summed E-state index contributed by atoms with van der Waals surface area (Å²) in [7, 11) is 0. The molecule has 0 bridgehead atoms. The Labute approximate surface area is 174 Å². The predicted octanol–water partition coefficient (Wildman–Crippen LogP) is 0.616. The van der Waals surface area contributed by atoms with Crippen molar-refractivity contribution in [2.75, 3.05) is 19.6 Å². The van der Waals surface area contributed by atoms with Crippen molar-refractivity contribution >= 4 is 29.5 Å². The van der Waals surface area contributed by atoms with Crippen LogP contribution in [0.3, 0.4) is 0 Å². The van der Waals surface area contributed by atoms with Gasteiger partial charge in [-0.1, -0.05) is 6.92 Å². The highest BCUT2D eigenvalue weighted by molar-refractivity contribution is 8.03. The van der Waals surface area contributed by atoms with Gasteiger partial charge in [0, 0.05) is 48.2 Å². The lowest BCUT2D eigenvalue weighted by Gasteiger charge is -2.46. The fourth-order valence-electron chi connectivity index (χ4n) is 5.19. The molecule has 0 spiro atoms. The Morgan fingerprint density at radius 2 is 2.00 bits per heavy atom. The monoisotopic (exact) mass is 423 g/mol. The Morgan fingerprint density at radius 1 is 1.31 bits per heavy atom. The molecule has 4 rings (SSSR count). The highest BCUT2D eigenvalue weighted by atomic mass is 32.2. The SMILES string of the molecule is CC(O)[C@H]1C(=O)N2C(C(=O)O)=C(SC3CN[C@H](CC(=O)N4CCCC4)C3)[C@@H](C)[C@H]12. The molecule has 0 aromatic heterocycles. The lowest BCUT2D eigenvalue weighted by molar-refractivity contribution is -0.163. The third kappa shape index (κ3) is 3.57. The van der Waals surface area contributed by atoms with Gasteiger partial charge in [0.05, 0.1) is 18.1 Å². The van der Waals surface area contributed by atoms with Crippen molar-refractivity contribution < 1.29 is 24.6 Å². The number of hydrogen-bond acceptors (Lipinski definition) is 6. The lowest BCUT2D eigenvalue weighted by Crippen LogP contribution is -2.63. The van der Waals surface area contributed by atoms with E-state index < -0.39 is 18.0 Å². The molecule has 4 heterocycles. The van der Waals surface area contributed by atoms with Crippen LogP contribution in [0.5, 0.6) is 0 Å². The average Bonchev–Trinajstić information content (AvgIpc) is 3.36. The number of carboxylic acid groups (broad SMARTS) is 1. The molecule has 0 saturated carbocycles. The van der Waals surface area contributed by atoms with Crippen LogP contribution >= 0.6 is 11.8 Å². The van der Waals surface area contributed by atoms with Gasteiger partial charge in [-0.25, -0.2) is 4.79 Å². The fraction of sp³-hybridized carbons (Fsp3) is 0.750. The van der Waals surface area contributed by atoms with Gasteiger partial charge in [0.1, 0.15) is 5.70 Å². The minimum Gasteiger partial charge on any atom is -0.477 e. The first-order valence-corrected chi connectivity index (χ1v) is 11.3. The molecule has 6 atom stereocenters. The maximum Gasteiger partial charge on any atom is 0.353 e. The molecule has 3 N–H and O–H groups in total. The Balaban J connectivity index is 1.41. The Bertz CT molecular complexity index is 748. The number of thioether (sulfide) groups is 1. The first-order valence-electron chi connectivity index (χ1n) is 10.5. The number of likely N-dealkylation sites (tertiary alicyclic amines) is 1. The third-order valence-corrected chi connectivity index (χ3v) is 8.18. The van der Waals surface area contributed by atoms with E-state index in [4.69, 9.17) is 0 Å². The van der Waals surface area contributed by atoms with Crippen molar-refractivity contribution in [2.45, 2.75) is 63.0 Å². The second-order valence-electron chi connectivity index (χ2n) is 8.64. The van der Waals surface area contributed by atoms with Gasteiger partial charge in [0.15, 0.2) is 0 Å². The number of β-lactam (4-membered cyclic amide) rings is 1. The number of nitrogens with one attached hydrogen (secondary N) is 1. The smallest absolute Gasteiger partial charge is 0.353 e. The summed E-state index contributed by atoms with van der Waals surface area (Å²) in [6, 6.07) is -0.173. The summed E-state index contributed by atoms with van der Waals surface area (Å²) in [6.45, 7) is 5.94. The highest BCUT2D eigenvalue weighted by Crippen LogP contribution is 2.51. The largest absolute Gasteiger partial charge is 0.477 e. The van der Waals surface area contributed by atoms with E-state index in [1.165, 1.54) is 16.7 Å². The number of carboxylic acids is 1. The van der Waals surface area contributed by atoms with Crippen LogP contribution in [0.4, 0.5) is 0 Å². The molecule has 0 aromatic rings. The summed E-state index contributed by atoms with van der Waals surface area (Å²) in [5, 5.41) is 23.3. The number of carbonyl (C=O) groups is 3. The summed E-state index contributed by atoms with van der Waals surface area (Å²) in [6.07, 6.45) is 2.65. The zero-order valence-electron chi connectivity index (χ0n) is 16.8. The van der Waals surface area contributed by atoms with Crippen LogP contribution in [-0.2, 0) is 14.4 Å². The van der Waals surface area contributed by atoms with Crippen molar-refractivity contribution in [3.05, 3.63) is 10.6 Å². The van der Waals surface area contributed by atoms with Crippen LogP contribution in [0, 0.1) is 11.8 Å². The zero-order valence-corrected chi connectivity index (χ0v) is 17.7. The van der Waals surface area contributed by atoms with Crippen molar-refractivity contribution in [3.8, 4) is 0 Å². The first kappa shape index (κ1) is 20.7. The molecule has 3 saturated heterocycles. The number of fused-ring (bicyclic) bond motifs is 1. The Kier molecular flexibility index (Phi) is 5.65. The van der Waals surface area contributed by atoms with E-state index in [0.717, 1.165) is 37.3 Å². The molecule has 160 valence electrons. The fourth-order valence-corrected chi connectivity index (χ4v) is 6.71. The number of nitrogens with zero attached hydrogens (tertiary/aromatic N) is 2. The molecule has 4 aliphatic rings. The van der Waals surface area contributed by atoms with E-state index in [9.17, 15) is 24.6 Å². The van der Waals surface area contributed by atoms with Crippen LogP contribution in [0.25, 0.3) is 0 Å². The lowest BCUT2D eigenvalue weighted by atomic mass is 9.79. The molecule has 3 fully saturated rings. The van der Waals surface area contributed by atoms with E-state index in [2.05, 4.69) is 5.32 Å². The Morgan fingerprint density at radius 3 is 2.62 bits per heavy atom. The van der Waals surface area contributed by atoms with Crippen LogP contribution < -0.4 is 5.32 Å². The molecule has 2 unspecified atom stereocenters. The van der Waals surface area contributed by atoms with Crippen molar-refractivity contribution in [1.29, 1.82) is 0 Å². The van der Waals surface area contributed by atoms with Gasteiger partial charge in [-0.15, -0.1) is 11.8 Å². The number of hydrogen-bond donors (Lipinski definition) is 3. The predicted molar refractivity (Wildman–Crippen MR) is 108 cm³/mol. The van der Waals surface area contributed by atoms with Gasteiger partial charge in [-0.2, -0.15) is 0 Å². The number of rotatable bonds is 6. The van der Waals surface area contributed by atoms with Crippen molar-refractivity contribution in [3.63, 3.8) is 0 Å². The molecule has 0 aliphatic carbocycles. The van der Waals surface area contributed by atoms with Crippen LogP contribution in [-0.4, -0.2) is 80.9 Å². The third-order valence-electron chi connectivity index (χ3n) is 6.67. The molecule has 9 heteroatoms. The van der Waals surface area contributed by atoms with Gasteiger partial charge >= 0.3 is 5.97 Å². The van der Waals surface area contributed by atoms with E-state index in [0.29, 0.717) is 13.0 Å². The van der Waals surface area contributed by atoms with Crippen LogP contribution in [0.2, 0.25) is 0 Å². The van der Waals surface area contributed by atoms with Gasteiger partial charge in [-0.05, 0) is 26.2 Å². The summed E-state index contributed by atoms with van der Waals surface area (Å²) in [5.41, 5.74) is 0.0750. The second-order valence-corrected chi connectivity index (χ2v) is 9.99. The molecule has 2 amide bonds. The van der Waals surface area contributed by atoms with E-state index in [1.54, 1.807) is 6.92 Å². The molecule has 0 aromatic carbocycles. The number of amides is 2. The van der Waals surface area contributed by atoms with Gasteiger partial charge < -0.3 is 25.3 Å². The van der Waals surface area contributed by atoms with Gasteiger partial charge in [0.25, 0.3) is 0 Å². The Hall–Kier alpha value is -1.58. The highest BCUT2D eigenvalue weighted by Gasteiger charge is 2.60. The van der Waals surface area contributed by atoms with Crippen LogP contribution in [0.1, 0.15) is 39.5 Å². The summed E-state index contributed by atoms with van der Waals surface area (Å²) < 4.78 is 0. The van der Waals surface area contributed by atoms with E-state index in [1.807, 2.05) is 11.8 Å². The minimum atomic E-state index is -1.09. The van der Waals surface area contributed by atoms with E-state index >= 15 is 0 Å². The van der Waals surface area contributed by atoms with Gasteiger partial charge in [0.2, 0.25) is 11.8 Å². The topological polar surface area (TPSA) is 110 Å². The minimum absolute atomic E-state index is 0.0750. The number of carbonyl (C=O) groups excluding carboxylic acids is 2. The molecular weight excluding hydrogens is 394 g/mol. The summed E-state index contributed by atoms with van der Waals surface area (Å²) in [4.78, 5) is 40.8. The van der Waals surface area contributed by atoms with Crippen molar-refractivity contribution in [1.82, 2.24) is 15.1 Å². The maximum absolute atomic E-state index is 12.4. The normalized spacial score (nSPS) is 35.1. The number of aliphatic hydroxyl groups is 1. The molecular formula is C20H29N3O5S. The van der Waals surface area contributed by atoms with Crippen LogP contribution in [0.15, 0.2) is 10.6 Å². The molecule has 29 heavy (non-hydrogen) atoms. The summed E-state index contributed by atoms with van der Waals surface area (Å²) >= 11 is 1.52. The molecule has 8 nitrogen and oxygen atoms in total. The summed E-state index contributed by atoms with van der Waals surface area (Å²) in [5.74, 6) is -1.85. The number of aliphatic carboxylic acids is 1. The molecule has 0 radical (unpaired) electrons.